The molecule has 0 nitrogen and oxygen atoms in total. The van der Waals surface area contributed by atoms with Crippen LogP contribution in [0.5, 0.6) is 0 Å². The molecule has 0 fully saturated rings. The van der Waals surface area contributed by atoms with E-state index in [0.29, 0.717) is 0 Å². The van der Waals surface area contributed by atoms with Gasteiger partial charge in [-0.3, -0.25) is 0 Å². The van der Waals surface area contributed by atoms with Crippen molar-refractivity contribution in [3.8, 4) is 22.3 Å². The van der Waals surface area contributed by atoms with Gasteiger partial charge in [-0.1, -0.05) is 179 Å². The van der Waals surface area contributed by atoms with Gasteiger partial charge in [0.25, 0.3) is 0 Å². The van der Waals surface area contributed by atoms with Crippen LogP contribution < -0.4 is 10.4 Å². The number of fused-ring (bicyclic) bond motifs is 2. The minimum atomic E-state index is -2.16. The summed E-state index contributed by atoms with van der Waals surface area (Å²) < 4.78 is 0. The summed E-state index contributed by atoms with van der Waals surface area (Å²) in [5.41, 5.74) is 11.3. The number of hydrogen-bond acceptors (Lipinski definition) is 0. The molecule has 0 aliphatic carbocycles. The van der Waals surface area contributed by atoms with Crippen molar-refractivity contribution in [1.82, 2.24) is 0 Å². The van der Waals surface area contributed by atoms with E-state index < -0.39 is 8.07 Å². The summed E-state index contributed by atoms with van der Waals surface area (Å²) in [4.78, 5) is 0. The van der Waals surface area contributed by atoms with Crippen LogP contribution in [0, 0.1) is 28.7 Å². The second-order valence-electron chi connectivity index (χ2n) is 18.4. The van der Waals surface area contributed by atoms with Crippen LogP contribution >= 0.6 is 0 Å². The average molecular weight is 928 g/mol. The van der Waals surface area contributed by atoms with Crippen molar-refractivity contribution in [3.05, 3.63) is 134 Å². The third-order valence-electron chi connectivity index (χ3n) is 12.3. The molecule has 6 aromatic carbocycles. The molecule has 6 rings (SSSR count). The van der Waals surface area contributed by atoms with Crippen molar-refractivity contribution < 1.29 is 25.8 Å². The Bertz CT molecular complexity index is 2000. The zero-order valence-electron chi connectivity index (χ0n) is 37.3. The van der Waals surface area contributed by atoms with Crippen LogP contribution in [-0.2, 0) is 36.7 Å². The standard InChI is InChI=1S/C52H66Si.2CH3.Hf/c1-11-13-15-17-29-53(30-18-16-14-12-2,43-33-39-21-19-23-47(49(39)35-43)45-27-25-41(31-37(45)3)51(5,6)7)44-34-40-22-20-24-48(50(40)36-44)46-28-26-42(32-38(46)4)52(8,9)10;;;/h19-28,31-36H,11-18,29-30H2,1-10H3;2*1H3;/q-2;2*-1;+4. The number of aryl methyl sites for hydroxylation is 2. The van der Waals surface area contributed by atoms with Crippen molar-refractivity contribution in [2.75, 3.05) is 0 Å². The van der Waals surface area contributed by atoms with Gasteiger partial charge in [0.2, 0.25) is 0 Å². The molecule has 0 N–H and O–H groups in total. The molecule has 0 saturated carbocycles. The van der Waals surface area contributed by atoms with Crippen LogP contribution in [0.2, 0.25) is 12.1 Å². The molecule has 0 amide bonds. The maximum Gasteiger partial charge on any atom is 4.00 e. The van der Waals surface area contributed by atoms with E-state index in [9.17, 15) is 0 Å². The van der Waals surface area contributed by atoms with Crippen LogP contribution in [0.3, 0.4) is 0 Å². The van der Waals surface area contributed by atoms with Gasteiger partial charge in [-0.05, 0) is 58.1 Å². The molecule has 0 aliphatic rings. The third kappa shape index (κ3) is 10.1. The molecule has 0 spiro atoms. The molecule has 6 aromatic rings. The Hall–Kier alpha value is -2.81. The van der Waals surface area contributed by atoms with Gasteiger partial charge < -0.3 is 14.9 Å². The van der Waals surface area contributed by atoms with E-state index in [-0.39, 0.29) is 51.5 Å². The second-order valence-corrected chi connectivity index (χ2v) is 22.7. The molecule has 0 radical (unpaired) electrons. The Labute approximate surface area is 363 Å². The smallest absolute Gasteiger partial charge is 0.358 e. The Morgan fingerprint density at radius 3 is 1.21 bits per heavy atom. The number of benzene rings is 4. The van der Waals surface area contributed by atoms with Gasteiger partial charge in [0.1, 0.15) is 0 Å². The van der Waals surface area contributed by atoms with E-state index in [1.165, 1.54) is 130 Å². The van der Waals surface area contributed by atoms with E-state index >= 15 is 0 Å². The molecule has 0 heterocycles. The van der Waals surface area contributed by atoms with Crippen molar-refractivity contribution in [3.63, 3.8) is 0 Å². The van der Waals surface area contributed by atoms with Crippen molar-refractivity contribution in [2.45, 2.75) is 144 Å². The molecule has 0 unspecified atom stereocenters. The first kappa shape index (κ1) is 47.6. The molecule has 56 heavy (non-hydrogen) atoms. The maximum atomic E-state index is 2.67. The maximum absolute atomic E-state index is 2.67. The summed E-state index contributed by atoms with van der Waals surface area (Å²) in [5.74, 6) is 0. The van der Waals surface area contributed by atoms with Gasteiger partial charge in [0.15, 0.2) is 0 Å². The fourth-order valence-electron chi connectivity index (χ4n) is 8.93. The summed E-state index contributed by atoms with van der Waals surface area (Å²) in [6.45, 7) is 23.2. The number of rotatable bonds is 14. The minimum absolute atomic E-state index is 0. The molecule has 0 aliphatic heterocycles. The number of hydrogen-bond donors (Lipinski definition) is 0. The van der Waals surface area contributed by atoms with Crippen molar-refractivity contribution in [1.29, 1.82) is 0 Å². The SMILES string of the molecule is CCCCCC[Si](CCCCCC)(c1cc2c(-c3ccc(C(C)(C)C)cc3C)cccc2[cH-]1)c1cc2c(-c3ccc(C(C)(C)C)cc3C)cccc2[cH-]1.[CH3-].[CH3-].[Hf+4]. The predicted octanol–water partition coefficient (Wildman–Crippen LogP) is 15.6. The largest absolute Gasteiger partial charge is 4.00 e. The molecular formula is C54H72HfSi. The first-order chi connectivity index (χ1) is 25.3. The minimum Gasteiger partial charge on any atom is -0.358 e. The van der Waals surface area contributed by atoms with Gasteiger partial charge in [0, 0.05) is 0 Å². The molecule has 0 bridgehead atoms. The van der Waals surface area contributed by atoms with Crippen LogP contribution in [0.4, 0.5) is 0 Å². The Kier molecular flexibility index (Phi) is 16.8. The van der Waals surface area contributed by atoms with E-state index in [0.717, 1.165) is 0 Å². The molecular weight excluding hydrogens is 855 g/mol. The summed E-state index contributed by atoms with van der Waals surface area (Å²) in [6, 6.07) is 41.7. The first-order valence-electron chi connectivity index (χ1n) is 20.9. The topological polar surface area (TPSA) is 0 Å². The van der Waals surface area contributed by atoms with E-state index in [1.807, 2.05) is 0 Å². The van der Waals surface area contributed by atoms with Crippen LogP contribution in [-0.4, -0.2) is 8.07 Å². The Morgan fingerprint density at radius 2 is 0.875 bits per heavy atom. The van der Waals surface area contributed by atoms with Crippen LogP contribution in [0.25, 0.3) is 43.8 Å². The van der Waals surface area contributed by atoms with Gasteiger partial charge in [0.05, 0.1) is 8.07 Å². The zero-order chi connectivity index (χ0) is 38.0. The molecule has 296 valence electrons. The molecule has 2 heteroatoms. The summed E-state index contributed by atoms with van der Waals surface area (Å²) in [7, 11) is -2.16. The van der Waals surface area contributed by atoms with Crippen LogP contribution in [0.15, 0.2) is 97.1 Å². The van der Waals surface area contributed by atoms with Gasteiger partial charge in [-0.15, -0.1) is 68.3 Å². The zero-order valence-corrected chi connectivity index (χ0v) is 41.9. The summed E-state index contributed by atoms with van der Waals surface area (Å²) >= 11 is 0. The summed E-state index contributed by atoms with van der Waals surface area (Å²) in [5, 5.41) is 8.97. The third-order valence-corrected chi connectivity index (χ3v) is 17.5. The van der Waals surface area contributed by atoms with Crippen molar-refractivity contribution >= 4 is 40.0 Å². The first-order valence-corrected chi connectivity index (χ1v) is 23.3. The predicted molar refractivity (Wildman–Crippen MR) is 253 cm³/mol. The van der Waals surface area contributed by atoms with Crippen molar-refractivity contribution in [2.24, 2.45) is 0 Å². The van der Waals surface area contributed by atoms with E-state index in [4.69, 9.17) is 0 Å². The van der Waals surface area contributed by atoms with Crippen LogP contribution in [0.1, 0.15) is 129 Å². The summed E-state index contributed by atoms with van der Waals surface area (Å²) in [6.07, 6.45) is 10.5. The molecule has 0 aromatic heterocycles. The Balaban J connectivity index is 0.00000280. The molecule has 0 atom stereocenters. The number of unbranched alkanes of at least 4 members (excludes halogenated alkanes) is 6. The van der Waals surface area contributed by atoms with E-state index in [2.05, 4.69) is 166 Å². The van der Waals surface area contributed by atoms with E-state index in [1.54, 1.807) is 10.4 Å². The Morgan fingerprint density at radius 1 is 0.482 bits per heavy atom. The fourth-order valence-corrected chi connectivity index (χ4v) is 14.1. The monoisotopic (exact) mass is 928 g/mol. The van der Waals surface area contributed by atoms with Gasteiger partial charge in [-0.2, -0.15) is 12.1 Å². The van der Waals surface area contributed by atoms with Gasteiger partial charge >= 0.3 is 25.8 Å². The van der Waals surface area contributed by atoms with Gasteiger partial charge in [-0.25, -0.2) is 0 Å². The quantitative estimate of drug-likeness (QED) is 0.0580. The molecule has 0 saturated heterocycles. The fraction of sp³-hybridized carbons (Fsp3) is 0.407. The second kappa shape index (κ2) is 19.8. The normalized spacial score (nSPS) is 12.0. The average Bonchev–Trinajstić information content (AvgIpc) is 3.76.